The second-order valence-corrected chi connectivity index (χ2v) is 17.8. The molecular weight excluding hydrogens is 414 g/mol. The van der Waals surface area contributed by atoms with Gasteiger partial charge in [0, 0.05) is 0 Å². The molecule has 4 unspecified atom stereocenters. The molecule has 0 spiro atoms. The Morgan fingerprint density at radius 1 is 0.700 bits per heavy atom. The molecule has 0 radical (unpaired) electrons. The Labute approximate surface area is 147 Å². The van der Waals surface area contributed by atoms with Crippen molar-refractivity contribution in [3.05, 3.63) is 0 Å². The van der Waals surface area contributed by atoms with E-state index in [1.165, 1.54) is 12.8 Å². The molecule has 0 amide bonds. The molecule has 0 bridgehead atoms. The highest BCUT2D eigenvalue weighted by Crippen LogP contribution is 2.61. The number of hydrogen-bond donors (Lipinski definition) is 0. The van der Waals surface area contributed by atoms with Crippen LogP contribution < -0.4 is 0 Å². The molecule has 0 aromatic rings. The normalized spacial score (nSPS) is 18.6. The van der Waals surface area contributed by atoms with Gasteiger partial charge in [0.15, 0.2) is 0 Å². The summed E-state index contributed by atoms with van der Waals surface area (Å²) in [6.07, 6.45) is 2.57. The third-order valence-corrected chi connectivity index (χ3v) is 18.7. The molecular formula is C16H36Br2P2. The first-order valence-electron chi connectivity index (χ1n) is 7.69. The smallest absolute Gasteiger partial charge is 0.00789 e. The van der Waals surface area contributed by atoms with Gasteiger partial charge in [-0.2, -0.15) is 0 Å². The fourth-order valence-electron chi connectivity index (χ4n) is 1.64. The lowest BCUT2D eigenvalue weighted by molar-refractivity contribution is 0.765. The molecule has 0 heterocycles. The van der Waals surface area contributed by atoms with Gasteiger partial charge in [-0.05, 0) is 47.7 Å². The average Bonchev–Trinajstić information content (AvgIpc) is 2.33. The zero-order chi connectivity index (χ0) is 16.7. The molecule has 0 aromatic heterocycles. The van der Waals surface area contributed by atoms with Crippen LogP contribution in [0.15, 0.2) is 0 Å². The van der Waals surface area contributed by atoms with E-state index in [1.807, 2.05) is 0 Å². The van der Waals surface area contributed by atoms with E-state index < -0.39 is 0 Å². The summed E-state index contributed by atoms with van der Waals surface area (Å²) in [5.74, 6) is 0. The van der Waals surface area contributed by atoms with Gasteiger partial charge >= 0.3 is 0 Å². The van der Waals surface area contributed by atoms with Gasteiger partial charge in [0.2, 0.25) is 0 Å². The Morgan fingerprint density at radius 3 is 0.950 bits per heavy atom. The molecule has 124 valence electrons. The SMILES string of the molecule is CCC(C)P(Br)C(C)(C)C.CCC(C)P(Br)C(C)(C)C. The average molecular weight is 450 g/mol. The predicted octanol–water partition coefficient (Wildman–Crippen LogP) is 8.75. The van der Waals surface area contributed by atoms with Crippen molar-refractivity contribution >= 4 is 44.2 Å². The molecule has 0 saturated heterocycles. The highest BCUT2D eigenvalue weighted by Gasteiger charge is 2.26. The molecule has 0 aromatic carbocycles. The van der Waals surface area contributed by atoms with Crippen LogP contribution in [-0.2, 0) is 0 Å². The largest absolute Gasteiger partial charge is 0.0648 e. The third kappa shape index (κ3) is 10.5. The van der Waals surface area contributed by atoms with Crippen molar-refractivity contribution in [2.24, 2.45) is 0 Å². The second kappa shape index (κ2) is 10.6. The maximum atomic E-state index is 3.79. The maximum absolute atomic E-state index is 3.79. The summed E-state index contributed by atoms with van der Waals surface area (Å²) in [6.45, 7) is 23.1. The molecule has 0 aliphatic carbocycles. The number of halogens is 2. The van der Waals surface area contributed by atoms with Crippen LogP contribution in [0.2, 0.25) is 0 Å². The standard InChI is InChI=1S/2C8H18BrP/c2*1-6-7(2)10(9)8(3,4)5/h2*7H,6H2,1-5H3. The van der Waals surface area contributed by atoms with E-state index in [0.717, 1.165) is 11.3 Å². The van der Waals surface area contributed by atoms with Crippen LogP contribution in [0.25, 0.3) is 0 Å². The van der Waals surface area contributed by atoms with Crippen LogP contribution in [0.4, 0.5) is 0 Å². The van der Waals surface area contributed by atoms with Gasteiger partial charge in [-0.15, -0.1) is 0 Å². The van der Waals surface area contributed by atoms with Crippen molar-refractivity contribution in [2.45, 2.75) is 104 Å². The monoisotopic (exact) mass is 448 g/mol. The molecule has 0 fully saturated rings. The van der Waals surface area contributed by atoms with E-state index >= 15 is 0 Å². The van der Waals surface area contributed by atoms with Crippen molar-refractivity contribution in [2.75, 3.05) is 0 Å². The van der Waals surface area contributed by atoms with E-state index in [4.69, 9.17) is 0 Å². The summed E-state index contributed by atoms with van der Waals surface area (Å²) in [7, 11) is 0. The van der Waals surface area contributed by atoms with Crippen LogP contribution in [0.5, 0.6) is 0 Å². The Hall–Kier alpha value is 1.82. The number of hydrogen-bond acceptors (Lipinski definition) is 0. The number of rotatable bonds is 4. The molecule has 0 aliphatic heterocycles. The minimum atomic E-state index is 0.0296. The van der Waals surface area contributed by atoms with Crippen LogP contribution >= 0.6 is 44.2 Å². The van der Waals surface area contributed by atoms with E-state index in [0.29, 0.717) is 10.3 Å². The van der Waals surface area contributed by atoms with Crippen molar-refractivity contribution in [3.63, 3.8) is 0 Å². The fourth-order valence-corrected chi connectivity index (χ4v) is 6.67. The third-order valence-electron chi connectivity index (χ3n) is 3.24. The molecule has 0 aliphatic rings. The fraction of sp³-hybridized carbons (Fsp3) is 1.00. The van der Waals surface area contributed by atoms with Crippen molar-refractivity contribution in [1.29, 1.82) is 0 Å². The van der Waals surface area contributed by atoms with E-state index in [-0.39, 0.29) is 13.2 Å². The summed E-state index contributed by atoms with van der Waals surface area (Å²) in [4.78, 5) is 0. The van der Waals surface area contributed by atoms with Gasteiger partial charge in [-0.1, -0.05) is 100 Å². The van der Waals surface area contributed by atoms with Gasteiger partial charge in [0.05, 0.1) is 0 Å². The molecule has 0 N–H and O–H groups in total. The Kier molecular flexibility index (Phi) is 12.7. The van der Waals surface area contributed by atoms with Crippen LogP contribution in [0, 0.1) is 0 Å². The Morgan fingerprint density at radius 2 is 0.900 bits per heavy atom. The molecule has 0 saturated carbocycles. The summed E-state index contributed by atoms with van der Waals surface area (Å²) in [6, 6.07) is 0. The highest BCUT2D eigenvalue weighted by atomic mass is 79.9. The zero-order valence-electron chi connectivity index (χ0n) is 15.2. The van der Waals surface area contributed by atoms with E-state index in [9.17, 15) is 0 Å². The molecule has 4 atom stereocenters. The first kappa shape index (κ1) is 24.1. The predicted molar refractivity (Wildman–Crippen MR) is 111 cm³/mol. The second-order valence-electron chi connectivity index (χ2n) is 7.48. The lowest BCUT2D eigenvalue weighted by Crippen LogP contribution is -2.14. The maximum Gasteiger partial charge on any atom is -0.00789 e. The van der Waals surface area contributed by atoms with E-state index in [1.54, 1.807) is 0 Å². The van der Waals surface area contributed by atoms with Gasteiger partial charge in [-0.3, -0.25) is 0 Å². The molecule has 20 heavy (non-hydrogen) atoms. The topological polar surface area (TPSA) is 0 Å². The summed E-state index contributed by atoms with van der Waals surface area (Å²) in [5.41, 5.74) is 1.69. The molecule has 0 nitrogen and oxygen atoms in total. The van der Waals surface area contributed by atoms with Crippen molar-refractivity contribution < 1.29 is 0 Å². The Balaban J connectivity index is 0. The lowest BCUT2D eigenvalue weighted by atomic mass is 10.3. The van der Waals surface area contributed by atoms with Crippen LogP contribution in [-0.4, -0.2) is 21.6 Å². The minimum Gasteiger partial charge on any atom is -0.0648 e. The summed E-state index contributed by atoms with van der Waals surface area (Å²) in [5, 5.41) is 0.926. The van der Waals surface area contributed by atoms with Gasteiger partial charge in [-0.25, -0.2) is 0 Å². The molecule has 0 rings (SSSR count). The molecule has 4 heteroatoms. The Bertz CT molecular complexity index is 218. The summed E-state index contributed by atoms with van der Waals surface area (Å²) < 4.78 is 0. The van der Waals surface area contributed by atoms with Crippen molar-refractivity contribution in [3.8, 4) is 0 Å². The van der Waals surface area contributed by atoms with Crippen LogP contribution in [0.3, 0.4) is 0 Å². The van der Waals surface area contributed by atoms with E-state index in [2.05, 4.69) is 100 Å². The zero-order valence-corrected chi connectivity index (χ0v) is 20.2. The van der Waals surface area contributed by atoms with Crippen LogP contribution in [0.1, 0.15) is 82.1 Å². The van der Waals surface area contributed by atoms with Gasteiger partial charge < -0.3 is 0 Å². The summed E-state index contributed by atoms with van der Waals surface area (Å²) >= 11 is 7.58. The highest BCUT2D eigenvalue weighted by molar-refractivity contribution is 9.39. The quantitative estimate of drug-likeness (QED) is 0.376. The first-order valence-corrected chi connectivity index (χ1v) is 14.5. The lowest BCUT2D eigenvalue weighted by Gasteiger charge is -2.30. The minimum absolute atomic E-state index is 0.0296. The van der Waals surface area contributed by atoms with Crippen molar-refractivity contribution in [1.82, 2.24) is 0 Å². The van der Waals surface area contributed by atoms with Gasteiger partial charge in [0.1, 0.15) is 0 Å². The first-order chi connectivity index (χ1) is 8.78. The van der Waals surface area contributed by atoms with Gasteiger partial charge in [0.25, 0.3) is 0 Å².